The number of nitrogens with one attached hydrogen (secondary N) is 2. The van der Waals surface area contributed by atoms with E-state index in [0.29, 0.717) is 5.92 Å². The number of alkyl halides is 1. The summed E-state index contributed by atoms with van der Waals surface area (Å²) in [6, 6.07) is -0.429. The van der Waals surface area contributed by atoms with Crippen molar-refractivity contribution in [2.24, 2.45) is 5.92 Å². The van der Waals surface area contributed by atoms with E-state index in [2.05, 4.69) is 24.5 Å². The van der Waals surface area contributed by atoms with E-state index in [1.165, 1.54) is 6.92 Å². The summed E-state index contributed by atoms with van der Waals surface area (Å²) < 4.78 is 0. The van der Waals surface area contributed by atoms with Gasteiger partial charge in [-0.05, 0) is 26.2 Å². The zero-order chi connectivity index (χ0) is 12.7. The summed E-state index contributed by atoms with van der Waals surface area (Å²) in [7, 11) is 0. The molecule has 5 heteroatoms. The number of halogens is 1. The molecule has 0 aliphatic heterocycles. The lowest BCUT2D eigenvalue weighted by Crippen LogP contribution is -2.45. The van der Waals surface area contributed by atoms with Gasteiger partial charge in [0.05, 0.1) is 0 Å². The Hall–Kier alpha value is -0.770. The molecule has 16 heavy (non-hydrogen) atoms. The quantitative estimate of drug-likeness (QED) is 0.734. The van der Waals surface area contributed by atoms with E-state index in [4.69, 9.17) is 11.6 Å². The third-order valence-electron chi connectivity index (χ3n) is 2.43. The zero-order valence-corrected chi connectivity index (χ0v) is 11.1. The van der Waals surface area contributed by atoms with Crippen LogP contribution >= 0.6 is 11.6 Å². The summed E-state index contributed by atoms with van der Waals surface area (Å²) in [6.45, 7) is 7.67. The topological polar surface area (TPSA) is 58.2 Å². The number of hydrogen-bond acceptors (Lipinski definition) is 2. The lowest BCUT2D eigenvalue weighted by atomic mass is 10.0. The molecule has 0 saturated heterocycles. The number of amides is 3. The van der Waals surface area contributed by atoms with Gasteiger partial charge in [0.15, 0.2) is 0 Å². The maximum atomic E-state index is 11.3. The highest BCUT2D eigenvalue weighted by atomic mass is 35.5. The monoisotopic (exact) mass is 248 g/mol. The summed E-state index contributed by atoms with van der Waals surface area (Å²) in [5.41, 5.74) is 0. The molecule has 0 fully saturated rings. The van der Waals surface area contributed by atoms with Gasteiger partial charge in [-0.2, -0.15) is 0 Å². The van der Waals surface area contributed by atoms with E-state index in [9.17, 15) is 9.59 Å². The number of rotatable bonds is 5. The first-order valence-corrected chi connectivity index (χ1v) is 6.05. The lowest BCUT2D eigenvalue weighted by Gasteiger charge is -2.17. The van der Waals surface area contributed by atoms with Crippen LogP contribution in [-0.4, -0.2) is 23.4 Å². The van der Waals surface area contributed by atoms with Crippen molar-refractivity contribution in [3.05, 3.63) is 0 Å². The van der Waals surface area contributed by atoms with Crippen LogP contribution in [0.2, 0.25) is 0 Å². The smallest absolute Gasteiger partial charge is 0.321 e. The van der Waals surface area contributed by atoms with Crippen molar-refractivity contribution in [2.45, 2.75) is 52.0 Å². The summed E-state index contributed by atoms with van der Waals surface area (Å²) in [5, 5.41) is 4.18. The van der Waals surface area contributed by atoms with Crippen LogP contribution in [0.15, 0.2) is 0 Å². The van der Waals surface area contributed by atoms with Gasteiger partial charge < -0.3 is 5.32 Å². The second-order valence-corrected chi connectivity index (χ2v) is 4.88. The minimum atomic E-state index is -0.698. The van der Waals surface area contributed by atoms with Crippen molar-refractivity contribution in [1.29, 1.82) is 0 Å². The molecule has 3 amide bonds. The predicted octanol–water partition coefficient (Wildman–Crippen LogP) is 2.26. The lowest BCUT2D eigenvalue weighted by molar-refractivity contribution is -0.119. The van der Waals surface area contributed by atoms with E-state index in [1.807, 2.05) is 6.92 Å². The number of imide groups is 1. The van der Waals surface area contributed by atoms with Crippen LogP contribution in [0.1, 0.15) is 40.5 Å². The molecule has 0 radical (unpaired) electrons. The molecule has 0 aromatic rings. The molecule has 0 spiro atoms. The van der Waals surface area contributed by atoms with Gasteiger partial charge in [0.25, 0.3) is 0 Å². The first-order valence-electron chi connectivity index (χ1n) is 5.62. The average Bonchev–Trinajstić information content (AvgIpc) is 2.16. The normalized spacial score (nSPS) is 16.1. The third-order valence-corrected chi connectivity index (χ3v) is 2.63. The molecule has 0 aliphatic carbocycles. The van der Waals surface area contributed by atoms with Crippen LogP contribution in [0, 0.1) is 5.92 Å². The number of carbonyl (C=O) groups excluding carboxylic acids is 2. The van der Waals surface area contributed by atoms with Crippen LogP contribution in [0.5, 0.6) is 0 Å². The highest BCUT2D eigenvalue weighted by Gasteiger charge is 2.15. The molecule has 94 valence electrons. The van der Waals surface area contributed by atoms with Gasteiger partial charge in [0.2, 0.25) is 5.91 Å². The van der Waals surface area contributed by atoms with Crippen LogP contribution in [0.4, 0.5) is 4.79 Å². The molecule has 0 aromatic heterocycles. The fourth-order valence-corrected chi connectivity index (χ4v) is 1.35. The highest BCUT2D eigenvalue weighted by molar-refractivity contribution is 6.31. The van der Waals surface area contributed by atoms with Crippen molar-refractivity contribution in [3.8, 4) is 0 Å². The molecule has 0 rings (SSSR count). The van der Waals surface area contributed by atoms with Gasteiger partial charge in [-0.15, -0.1) is 11.6 Å². The van der Waals surface area contributed by atoms with E-state index >= 15 is 0 Å². The molecule has 2 N–H and O–H groups in total. The number of carbonyl (C=O) groups is 2. The zero-order valence-electron chi connectivity index (χ0n) is 10.3. The Morgan fingerprint density at radius 2 is 1.81 bits per heavy atom. The Labute approximate surface area is 102 Å². The first-order chi connectivity index (χ1) is 7.36. The van der Waals surface area contributed by atoms with Crippen molar-refractivity contribution in [1.82, 2.24) is 10.6 Å². The van der Waals surface area contributed by atoms with E-state index in [1.54, 1.807) is 0 Å². The van der Waals surface area contributed by atoms with Crippen molar-refractivity contribution in [2.75, 3.05) is 0 Å². The third kappa shape index (κ3) is 6.67. The number of urea groups is 1. The summed E-state index contributed by atoms with van der Waals surface area (Å²) >= 11 is 5.52. The van der Waals surface area contributed by atoms with E-state index in [-0.39, 0.29) is 6.04 Å². The van der Waals surface area contributed by atoms with Crippen molar-refractivity contribution in [3.63, 3.8) is 0 Å². The second-order valence-electron chi connectivity index (χ2n) is 4.23. The van der Waals surface area contributed by atoms with E-state index in [0.717, 1.165) is 12.8 Å². The van der Waals surface area contributed by atoms with Crippen LogP contribution in [-0.2, 0) is 4.79 Å². The van der Waals surface area contributed by atoms with Gasteiger partial charge in [0.1, 0.15) is 5.38 Å². The highest BCUT2D eigenvalue weighted by Crippen LogP contribution is 2.09. The van der Waals surface area contributed by atoms with Crippen molar-refractivity contribution < 1.29 is 9.59 Å². The molecule has 4 nitrogen and oxygen atoms in total. The fourth-order valence-electron chi connectivity index (χ4n) is 1.30. The molecule has 0 saturated carbocycles. The Morgan fingerprint density at radius 3 is 2.25 bits per heavy atom. The average molecular weight is 249 g/mol. The summed E-state index contributed by atoms with van der Waals surface area (Å²) in [5.74, 6) is 0.0767. The number of hydrogen-bond donors (Lipinski definition) is 2. The van der Waals surface area contributed by atoms with Crippen molar-refractivity contribution >= 4 is 23.5 Å². The molecule has 0 bridgehead atoms. The van der Waals surface area contributed by atoms with Crippen LogP contribution in [0.25, 0.3) is 0 Å². The maximum Gasteiger partial charge on any atom is 0.321 e. The molecular formula is C11H21ClN2O2. The van der Waals surface area contributed by atoms with Crippen LogP contribution < -0.4 is 10.6 Å². The second kappa shape index (κ2) is 7.49. The van der Waals surface area contributed by atoms with Gasteiger partial charge in [-0.25, -0.2) is 4.79 Å². The standard InChI is InChI=1S/C11H21ClN2O2/c1-5-7(2)6-8(3)13-11(16)14-10(15)9(4)12/h7-9H,5-6H2,1-4H3,(H2,13,14,15,16). The molecule has 0 aromatic carbocycles. The molecule has 3 unspecified atom stereocenters. The SMILES string of the molecule is CCC(C)CC(C)NC(=O)NC(=O)C(C)Cl. The van der Waals surface area contributed by atoms with Gasteiger partial charge in [0, 0.05) is 6.04 Å². The Kier molecular flexibility index (Phi) is 7.13. The fraction of sp³-hybridized carbons (Fsp3) is 0.818. The Balaban J connectivity index is 3.91. The molecular weight excluding hydrogens is 228 g/mol. The summed E-state index contributed by atoms with van der Waals surface area (Å²) in [6.07, 6.45) is 1.97. The first kappa shape index (κ1) is 15.2. The maximum absolute atomic E-state index is 11.3. The van der Waals surface area contributed by atoms with Gasteiger partial charge in [-0.1, -0.05) is 20.3 Å². The minimum absolute atomic E-state index is 0.0494. The van der Waals surface area contributed by atoms with Gasteiger partial charge >= 0.3 is 6.03 Å². The minimum Gasteiger partial charge on any atom is -0.335 e. The summed E-state index contributed by atoms with van der Waals surface area (Å²) in [4.78, 5) is 22.4. The Morgan fingerprint density at radius 1 is 1.25 bits per heavy atom. The van der Waals surface area contributed by atoms with Gasteiger partial charge in [-0.3, -0.25) is 10.1 Å². The molecule has 3 atom stereocenters. The van der Waals surface area contributed by atoms with E-state index < -0.39 is 17.3 Å². The predicted molar refractivity (Wildman–Crippen MR) is 65.5 cm³/mol. The molecule has 0 heterocycles. The van der Waals surface area contributed by atoms with Crippen LogP contribution in [0.3, 0.4) is 0 Å². The largest absolute Gasteiger partial charge is 0.335 e. The Bertz CT molecular complexity index is 244. The molecule has 0 aliphatic rings.